The van der Waals surface area contributed by atoms with Gasteiger partial charge < -0.3 is 20.7 Å². The molecule has 0 spiro atoms. The number of halogens is 2. The van der Waals surface area contributed by atoms with Crippen molar-refractivity contribution in [1.29, 1.82) is 5.26 Å². The Morgan fingerprint density at radius 1 is 1.35 bits per heavy atom. The zero-order valence-corrected chi connectivity index (χ0v) is 18.5. The predicted octanol–water partition coefficient (Wildman–Crippen LogP) is 3.96. The summed E-state index contributed by atoms with van der Waals surface area (Å²) in [6.45, 7) is 0.533. The molecule has 0 aliphatic carbocycles. The third kappa shape index (κ3) is 4.10. The number of ether oxygens (including phenoxy) is 1. The van der Waals surface area contributed by atoms with E-state index >= 15 is 0 Å². The molecule has 3 aromatic rings. The first-order valence-electron chi connectivity index (χ1n) is 9.00. The first-order valence-corrected chi connectivity index (χ1v) is 10.2. The van der Waals surface area contributed by atoms with Crippen LogP contribution < -0.4 is 15.8 Å². The van der Waals surface area contributed by atoms with Crippen LogP contribution in [0.5, 0.6) is 5.75 Å². The molecule has 1 aliphatic rings. The Labute approximate surface area is 191 Å². The number of amides is 2. The van der Waals surface area contributed by atoms with Crippen molar-refractivity contribution in [2.75, 3.05) is 18.2 Å². The van der Waals surface area contributed by atoms with Gasteiger partial charge in [-0.3, -0.25) is 0 Å². The van der Waals surface area contributed by atoms with E-state index < -0.39 is 0 Å². The second-order valence-corrected chi connectivity index (χ2v) is 7.91. The SMILES string of the molecule is COc1cc(-c2nc(N)nc3c2CN(C(=O)Nc2ccc(C#N)nc2)C3)c(Cl)cc1Br. The lowest BCUT2D eigenvalue weighted by Crippen LogP contribution is -2.30. The lowest BCUT2D eigenvalue weighted by atomic mass is 10.1. The number of hydrogen-bond donors (Lipinski definition) is 2. The predicted molar refractivity (Wildman–Crippen MR) is 118 cm³/mol. The van der Waals surface area contributed by atoms with E-state index in [0.717, 1.165) is 5.56 Å². The van der Waals surface area contributed by atoms with Crippen LogP contribution in [0.4, 0.5) is 16.4 Å². The molecule has 1 aliphatic heterocycles. The molecular formula is C20H15BrClN7O2. The number of carbonyl (C=O) groups is 1. The Kier molecular flexibility index (Phi) is 5.63. The molecule has 0 bridgehead atoms. The highest BCUT2D eigenvalue weighted by Gasteiger charge is 2.29. The van der Waals surface area contributed by atoms with Gasteiger partial charge in [-0.2, -0.15) is 5.26 Å². The molecular weight excluding hydrogens is 486 g/mol. The summed E-state index contributed by atoms with van der Waals surface area (Å²) in [7, 11) is 1.56. The molecule has 0 atom stereocenters. The normalized spacial score (nSPS) is 12.3. The van der Waals surface area contributed by atoms with Gasteiger partial charge in [0, 0.05) is 11.1 Å². The number of nitrogens with one attached hydrogen (secondary N) is 1. The maximum Gasteiger partial charge on any atom is 0.322 e. The molecule has 0 unspecified atom stereocenters. The van der Waals surface area contributed by atoms with Crippen LogP contribution in [0.15, 0.2) is 34.9 Å². The fourth-order valence-corrected chi connectivity index (χ4v) is 4.13. The molecule has 3 heterocycles. The van der Waals surface area contributed by atoms with Gasteiger partial charge in [-0.05, 0) is 40.2 Å². The monoisotopic (exact) mass is 499 g/mol. The number of urea groups is 1. The molecule has 0 saturated heterocycles. The minimum absolute atomic E-state index is 0.0882. The van der Waals surface area contributed by atoms with E-state index in [2.05, 4.69) is 36.2 Å². The number of nitrogens with two attached hydrogens (primary N) is 1. The van der Waals surface area contributed by atoms with Gasteiger partial charge in [-0.1, -0.05) is 11.6 Å². The van der Waals surface area contributed by atoms with E-state index in [-0.39, 0.29) is 30.8 Å². The molecule has 0 saturated carbocycles. The Morgan fingerprint density at radius 2 is 2.16 bits per heavy atom. The minimum Gasteiger partial charge on any atom is -0.496 e. The number of carbonyl (C=O) groups excluding carboxylic acids is 1. The topological polar surface area (TPSA) is 130 Å². The average molecular weight is 501 g/mol. The number of benzene rings is 1. The second kappa shape index (κ2) is 8.37. The quantitative estimate of drug-likeness (QED) is 0.556. The van der Waals surface area contributed by atoms with Gasteiger partial charge >= 0.3 is 6.03 Å². The van der Waals surface area contributed by atoms with Gasteiger partial charge in [-0.15, -0.1) is 0 Å². The zero-order valence-electron chi connectivity index (χ0n) is 16.2. The first kappa shape index (κ1) is 20.8. The van der Waals surface area contributed by atoms with Gasteiger partial charge in [0.2, 0.25) is 5.95 Å². The lowest BCUT2D eigenvalue weighted by Gasteiger charge is -2.16. The van der Waals surface area contributed by atoms with Crippen LogP contribution in [0.2, 0.25) is 5.02 Å². The molecule has 4 rings (SSSR count). The van der Waals surface area contributed by atoms with Gasteiger partial charge in [0.15, 0.2) is 0 Å². The number of anilines is 2. The number of pyridine rings is 1. The fourth-order valence-electron chi connectivity index (χ4n) is 3.24. The summed E-state index contributed by atoms with van der Waals surface area (Å²) in [6.07, 6.45) is 1.43. The molecule has 156 valence electrons. The maximum absolute atomic E-state index is 12.8. The third-order valence-corrected chi connectivity index (χ3v) is 5.65. The summed E-state index contributed by atoms with van der Waals surface area (Å²) >= 11 is 9.88. The Morgan fingerprint density at radius 3 is 2.84 bits per heavy atom. The van der Waals surface area contributed by atoms with Crippen LogP contribution in [-0.2, 0) is 13.1 Å². The van der Waals surface area contributed by atoms with Crippen molar-refractivity contribution in [2.24, 2.45) is 0 Å². The molecule has 1 aromatic carbocycles. The molecule has 2 amide bonds. The first-order chi connectivity index (χ1) is 14.9. The van der Waals surface area contributed by atoms with Crippen LogP contribution in [-0.4, -0.2) is 33.0 Å². The summed E-state index contributed by atoms with van der Waals surface area (Å²) in [5, 5.41) is 12.1. The van der Waals surface area contributed by atoms with E-state index in [1.807, 2.05) is 6.07 Å². The fraction of sp³-hybridized carbons (Fsp3) is 0.150. The number of nitriles is 1. The highest BCUT2D eigenvalue weighted by Crippen LogP contribution is 2.39. The average Bonchev–Trinajstić information content (AvgIpc) is 3.18. The molecule has 0 fully saturated rings. The van der Waals surface area contributed by atoms with E-state index in [9.17, 15) is 4.79 Å². The largest absolute Gasteiger partial charge is 0.496 e. The van der Waals surface area contributed by atoms with Crippen LogP contribution in [0.3, 0.4) is 0 Å². The van der Waals surface area contributed by atoms with Gasteiger partial charge in [0.1, 0.15) is 17.5 Å². The van der Waals surface area contributed by atoms with Gasteiger partial charge in [-0.25, -0.2) is 19.7 Å². The van der Waals surface area contributed by atoms with Crippen LogP contribution in [0, 0.1) is 11.3 Å². The number of aromatic nitrogens is 3. The Balaban J connectivity index is 1.63. The van der Waals surface area contributed by atoms with Gasteiger partial charge in [0.25, 0.3) is 0 Å². The van der Waals surface area contributed by atoms with Crippen LogP contribution in [0.25, 0.3) is 11.3 Å². The summed E-state index contributed by atoms with van der Waals surface area (Å²) < 4.78 is 6.08. The maximum atomic E-state index is 12.8. The van der Waals surface area contributed by atoms with Crippen molar-refractivity contribution in [2.45, 2.75) is 13.1 Å². The Hall–Kier alpha value is -3.42. The van der Waals surface area contributed by atoms with Crippen molar-refractivity contribution in [3.8, 4) is 23.1 Å². The van der Waals surface area contributed by atoms with Crippen molar-refractivity contribution in [1.82, 2.24) is 19.9 Å². The van der Waals surface area contributed by atoms with E-state index in [1.54, 1.807) is 30.2 Å². The van der Waals surface area contributed by atoms with Crippen molar-refractivity contribution in [3.05, 3.63) is 56.9 Å². The highest BCUT2D eigenvalue weighted by atomic mass is 79.9. The molecule has 3 N–H and O–H groups in total. The highest BCUT2D eigenvalue weighted by molar-refractivity contribution is 9.10. The summed E-state index contributed by atoms with van der Waals surface area (Å²) in [4.78, 5) is 27.0. The number of nitrogen functional groups attached to an aromatic ring is 1. The molecule has 2 aromatic heterocycles. The van der Waals surface area contributed by atoms with E-state index in [0.29, 0.717) is 37.9 Å². The molecule has 11 heteroatoms. The number of hydrogen-bond acceptors (Lipinski definition) is 7. The minimum atomic E-state index is -0.339. The summed E-state index contributed by atoms with van der Waals surface area (Å²) in [5.41, 5.74) is 9.26. The van der Waals surface area contributed by atoms with E-state index in [1.165, 1.54) is 12.3 Å². The van der Waals surface area contributed by atoms with Crippen LogP contribution in [0.1, 0.15) is 17.0 Å². The lowest BCUT2D eigenvalue weighted by molar-refractivity contribution is 0.212. The second-order valence-electron chi connectivity index (χ2n) is 6.65. The Bertz CT molecular complexity index is 1230. The number of fused-ring (bicyclic) bond motifs is 1. The smallest absolute Gasteiger partial charge is 0.322 e. The molecule has 31 heavy (non-hydrogen) atoms. The number of methoxy groups -OCH3 is 1. The zero-order chi connectivity index (χ0) is 22.1. The van der Waals surface area contributed by atoms with Gasteiger partial charge in [0.05, 0.1) is 53.0 Å². The van der Waals surface area contributed by atoms with Crippen molar-refractivity contribution in [3.63, 3.8) is 0 Å². The third-order valence-electron chi connectivity index (χ3n) is 4.71. The van der Waals surface area contributed by atoms with Crippen molar-refractivity contribution >= 4 is 45.2 Å². The summed E-state index contributed by atoms with van der Waals surface area (Å²) in [5.74, 6) is 0.677. The molecule has 9 nitrogen and oxygen atoms in total. The summed E-state index contributed by atoms with van der Waals surface area (Å²) in [6, 6.07) is 8.22. The molecule has 0 radical (unpaired) electrons. The van der Waals surface area contributed by atoms with E-state index in [4.69, 9.17) is 27.3 Å². The standard InChI is InChI=1S/C20H15BrClN7O2/c1-31-17-4-12(15(22)5-14(17)21)18-13-8-29(9-16(13)27-19(24)28-18)20(30)26-11-3-2-10(6-23)25-7-11/h2-5,7H,8-9H2,1H3,(H,26,30)(H2,24,27,28). The number of nitrogens with zero attached hydrogens (tertiary/aromatic N) is 5. The van der Waals surface area contributed by atoms with Crippen molar-refractivity contribution < 1.29 is 9.53 Å². The number of rotatable bonds is 3. The van der Waals surface area contributed by atoms with Crippen LogP contribution >= 0.6 is 27.5 Å².